The van der Waals surface area contributed by atoms with Crippen LogP contribution in [0, 0.1) is 11.7 Å². The summed E-state index contributed by atoms with van der Waals surface area (Å²) < 4.78 is 13.1. The van der Waals surface area contributed by atoms with E-state index in [1.54, 1.807) is 4.90 Å². The molecule has 1 fully saturated rings. The lowest BCUT2D eigenvalue weighted by molar-refractivity contribution is -0.128. The highest BCUT2D eigenvalue weighted by Crippen LogP contribution is 2.22. The lowest BCUT2D eigenvalue weighted by Crippen LogP contribution is -2.33. The monoisotopic (exact) mass is 327 g/mol. The molecular formula is C15H19ClFN3O2. The largest absolute Gasteiger partial charge is 0.341 e. The second-order valence-corrected chi connectivity index (χ2v) is 6.07. The second-order valence-electron chi connectivity index (χ2n) is 5.66. The van der Waals surface area contributed by atoms with E-state index in [0.29, 0.717) is 18.8 Å². The number of hydrogen-bond donors (Lipinski definition) is 1. The van der Waals surface area contributed by atoms with Crippen LogP contribution in [0.3, 0.4) is 0 Å². The molecular weight excluding hydrogens is 309 g/mol. The molecule has 7 heteroatoms. The van der Waals surface area contributed by atoms with Crippen molar-refractivity contribution in [3.05, 3.63) is 29.0 Å². The first kappa shape index (κ1) is 16.7. The van der Waals surface area contributed by atoms with E-state index in [0.717, 1.165) is 6.54 Å². The zero-order valence-corrected chi connectivity index (χ0v) is 13.4. The summed E-state index contributed by atoms with van der Waals surface area (Å²) in [4.78, 5) is 27.8. The third-order valence-corrected chi connectivity index (χ3v) is 3.88. The van der Waals surface area contributed by atoms with E-state index >= 15 is 0 Å². The third kappa shape index (κ3) is 4.18. The predicted octanol–water partition coefficient (Wildman–Crippen LogP) is 1.83. The lowest BCUT2D eigenvalue weighted by Gasteiger charge is -2.19. The van der Waals surface area contributed by atoms with Gasteiger partial charge >= 0.3 is 0 Å². The summed E-state index contributed by atoms with van der Waals surface area (Å²) in [6.07, 6.45) is 0.203. The summed E-state index contributed by atoms with van der Waals surface area (Å²) in [6, 6.07) is 4.00. The molecule has 0 bridgehead atoms. The molecule has 120 valence electrons. The molecule has 1 unspecified atom stereocenters. The van der Waals surface area contributed by atoms with Crippen LogP contribution in [0.15, 0.2) is 18.2 Å². The number of nitrogens with zero attached hydrogens (tertiary/aromatic N) is 2. The van der Waals surface area contributed by atoms with E-state index in [1.807, 2.05) is 19.0 Å². The Kier molecular flexibility index (Phi) is 5.37. The minimum absolute atomic E-state index is 0.0147. The molecule has 0 aromatic heterocycles. The van der Waals surface area contributed by atoms with Crippen molar-refractivity contribution in [2.45, 2.75) is 6.42 Å². The first-order valence-electron chi connectivity index (χ1n) is 7.05. The van der Waals surface area contributed by atoms with Crippen LogP contribution in [0.1, 0.15) is 6.42 Å². The molecule has 2 rings (SSSR count). The van der Waals surface area contributed by atoms with Crippen molar-refractivity contribution in [2.24, 2.45) is 5.92 Å². The molecule has 1 N–H and O–H groups in total. The molecule has 1 aromatic rings. The summed E-state index contributed by atoms with van der Waals surface area (Å²) in [6.45, 7) is 1.78. The molecule has 1 aliphatic heterocycles. The number of anilines is 1. The number of amides is 2. The van der Waals surface area contributed by atoms with Gasteiger partial charge < -0.3 is 15.1 Å². The Balaban J connectivity index is 1.93. The first-order valence-corrected chi connectivity index (χ1v) is 7.43. The van der Waals surface area contributed by atoms with Gasteiger partial charge in [-0.2, -0.15) is 0 Å². The number of likely N-dealkylation sites (N-methyl/N-ethyl adjacent to an activating group) is 1. The summed E-state index contributed by atoms with van der Waals surface area (Å²) in [7, 11) is 3.87. The van der Waals surface area contributed by atoms with Crippen LogP contribution in [0.2, 0.25) is 5.02 Å². The quantitative estimate of drug-likeness (QED) is 0.897. The summed E-state index contributed by atoms with van der Waals surface area (Å²) in [5, 5.41) is 2.63. The van der Waals surface area contributed by atoms with Crippen molar-refractivity contribution in [3.8, 4) is 0 Å². The Morgan fingerprint density at radius 1 is 1.50 bits per heavy atom. The first-order chi connectivity index (χ1) is 10.4. The van der Waals surface area contributed by atoms with Gasteiger partial charge in [-0.25, -0.2) is 4.39 Å². The van der Waals surface area contributed by atoms with E-state index in [2.05, 4.69) is 5.32 Å². The topological polar surface area (TPSA) is 52.6 Å². The van der Waals surface area contributed by atoms with Crippen LogP contribution < -0.4 is 5.32 Å². The fraction of sp³-hybridized carbons (Fsp3) is 0.467. The highest BCUT2D eigenvalue weighted by Gasteiger charge is 2.34. The highest BCUT2D eigenvalue weighted by molar-refractivity contribution is 6.31. The minimum atomic E-state index is -0.537. The molecule has 0 spiro atoms. The number of halogens is 2. The SMILES string of the molecule is CN(C)CCN1CC(C(=O)Nc2ccc(F)c(Cl)c2)CC1=O. The van der Waals surface area contributed by atoms with E-state index in [1.165, 1.54) is 18.2 Å². The molecule has 1 heterocycles. The van der Waals surface area contributed by atoms with Crippen LogP contribution in [0.4, 0.5) is 10.1 Å². The van der Waals surface area contributed by atoms with Gasteiger partial charge in [0.1, 0.15) is 5.82 Å². The standard InChI is InChI=1S/C15H19ClFN3O2/c1-19(2)5-6-20-9-10(7-14(20)21)15(22)18-11-3-4-13(17)12(16)8-11/h3-4,8,10H,5-7,9H2,1-2H3,(H,18,22). The highest BCUT2D eigenvalue weighted by atomic mass is 35.5. The normalized spacial score (nSPS) is 18.1. The van der Waals surface area contributed by atoms with Crippen LogP contribution in [0.25, 0.3) is 0 Å². The van der Waals surface area contributed by atoms with Crippen molar-refractivity contribution in [3.63, 3.8) is 0 Å². The summed E-state index contributed by atoms with van der Waals surface area (Å²) in [5.41, 5.74) is 0.426. The van der Waals surface area contributed by atoms with Crippen LogP contribution in [-0.2, 0) is 9.59 Å². The molecule has 0 aliphatic carbocycles. The van der Waals surface area contributed by atoms with Gasteiger partial charge in [0.05, 0.1) is 10.9 Å². The number of hydrogen-bond acceptors (Lipinski definition) is 3. The van der Waals surface area contributed by atoms with Gasteiger partial charge in [-0.3, -0.25) is 9.59 Å². The van der Waals surface area contributed by atoms with Crippen molar-refractivity contribution in [1.29, 1.82) is 0 Å². The Hall–Kier alpha value is -1.66. The Labute approximate surface area is 134 Å². The maximum absolute atomic E-state index is 13.1. The summed E-state index contributed by atoms with van der Waals surface area (Å²) in [5.74, 6) is -1.19. The van der Waals surface area contributed by atoms with E-state index in [9.17, 15) is 14.0 Å². The number of carbonyl (C=O) groups is 2. The van der Waals surface area contributed by atoms with Crippen LogP contribution in [0.5, 0.6) is 0 Å². The van der Waals surface area contributed by atoms with E-state index < -0.39 is 11.7 Å². The fourth-order valence-corrected chi connectivity index (χ4v) is 2.48. The molecule has 0 radical (unpaired) electrons. The van der Waals surface area contributed by atoms with Gasteiger partial charge in [0.15, 0.2) is 0 Å². The molecule has 5 nitrogen and oxygen atoms in total. The lowest BCUT2D eigenvalue weighted by atomic mass is 10.1. The Morgan fingerprint density at radius 3 is 2.86 bits per heavy atom. The molecule has 1 saturated heterocycles. The van der Waals surface area contributed by atoms with Gasteiger partial charge in [-0.15, -0.1) is 0 Å². The zero-order chi connectivity index (χ0) is 16.3. The van der Waals surface area contributed by atoms with Gasteiger partial charge in [0, 0.05) is 31.7 Å². The Bertz CT molecular complexity index is 580. The van der Waals surface area contributed by atoms with Gasteiger partial charge in [-0.05, 0) is 32.3 Å². The Morgan fingerprint density at radius 2 is 2.23 bits per heavy atom. The number of likely N-dealkylation sites (tertiary alicyclic amines) is 1. The number of nitrogens with one attached hydrogen (secondary N) is 1. The van der Waals surface area contributed by atoms with E-state index in [-0.39, 0.29) is 23.3 Å². The van der Waals surface area contributed by atoms with Crippen molar-refractivity contribution >= 4 is 29.1 Å². The second kappa shape index (κ2) is 7.07. The number of carbonyl (C=O) groups excluding carboxylic acids is 2. The average molecular weight is 328 g/mol. The zero-order valence-electron chi connectivity index (χ0n) is 12.6. The van der Waals surface area contributed by atoms with Gasteiger partial charge in [0.2, 0.25) is 11.8 Å². The smallest absolute Gasteiger partial charge is 0.229 e. The average Bonchev–Trinajstić information content (AvgIpc) is 2.82. The number of benzene rings is 1. The predicted molar refractivity (Wildman–Crippen MR) is 83.3 cm³/mol. The molecule has 1 aliphatic rings. The molecule has 2 amide bonds. The maximum atomic E-state index is 13.1. The third-order valence-electron chi connectivity index (χ3n) is 3.59. The number of rotatable bonds is 5. The molecule has 0 saturated carbocycles. The van der Waals surface area contributed by atoms with Gasteiger partial charge in [0.25, 0.3) is 0 Å². The van der Waals surface area contributed by atoms with Crippen molar-refractivity contribution in [1.82, 2.24) is 9.80 Å². The van der Waals surface area contributed by atoms with Gasteiger partial charge in [-0.1, -0.05) is 11.6 Å². The van der Waals surface area contributed by atoms with Crippen molar-refractivity contribution in [2.75, 3.05) is 39.0 Å². The molecule has 1 aromatic carbocycles. The minimum Gasteiger partial charge on any atom is -0.341 e. The van der Waals surface area contributed by atoms with Crippen LogP contribution >= 0.6 is 11.6 Å². The summed E-state index contributed by atoms with van der Waals surface area (Å²) >= 11 is 5.68. The van der Waals surface area contributed by atoms with Crippen molar-refractivity contribution < 1.29 is 14.0 Å². The maximum Gasteiger partial charge on any atom is 0.229 e. The molecule has 22 heavy (non-hydrogen) atoms. The van der Waals surface area contributed by atoms with E-state index in [4.69, 9.17) is 11.6 Å². The fourth-order valence-electron chi connectivity index (χ4n) is 2.30. The molecule has 1 atom stereocenters. The van der Waals surface area contributed by atoms with Crippen LogP contribution in [-0.4, -0.2) is 55.3 Å².